The number of hydrogen-bond donors (Lipinski definition) is 1. The summed E-state index contributed by atoms with van der Waals surface area (Å²) in [6.45, 7) is 3.68. The van der Waals surface area contributed by atoms with Crippen molar-refractivity contribution in [2.75, 3.05) is 0 Å². The molecule has 0 fully saturated rings. The minimum absolute atomic E-state index is 0.213. The summed E-state index contributed by atoms with van der Waals surface area (Å²) in [6.07, 6.45) is 3.39. The van der Waals surface area contributed by atoms with Crippen LogP contribution in [-0.4, -0.2) is 20.6 Å². The quantitative estimate of drug-likeness (QED) is 0.860. The van der Waals surface area contributed by atoms with E-state index in [4.69, 9.17) is 5.11 Å². The van der Waals surface area contributed by atoms with Gasteiger partial charge >= 0.3 is 5.97 Å². The first-order valence-electron chi connectivity index (χ1n) is 5.11. The van der Waals surface area contributed by atoms with Crippen LogP contribution in [0, 0.1) is 6.92 Å². The summed E-state index contributed by atoms with van der Waals surface area (Å²) < 4.78 is 1.78. The number of nitrogens with zero attached hydrogens (tertiary/aromatic N) is 2. The zero-order valence-electron chi connectivity index (χ0n) is 9.61. The molecule has 0 spiro atoms. The van der Waals surface area contributed by atoms with E-state index in [1.165, 1.54) is 16.8 Å². The maximum absolute atomic E-state index is 11.8. The lowest BCUT2D eigenvalue weighted by Crippen LogP contribution is -2.23. The van der Waals surface area contributed by atoms with Crippen molar-refractivity contribution in [3.8, 4) is 0 Å². The predicted molar refractivity (Wildman–Crippen MR) is 66.9 cm³/mol. The van der Waals surface area contributed by atoms with Gasteiger partial charge in [0, 0.05) is 18.3 Å². The van der Waals surface area contributed by atoms with Crippen LogP contribution >= 0.6 is 15.9 Å². The van der Waals surface area contributed by atoms with Gasteiger partial charge in [0.05, 0.1) is 0 Å². The summed E-state index contributed by atoms with van der Waals surface area (Å²) in [5.74, 6) is -0.406. The first-order chi connectivity index (χ1) is 7.97. The van der Waals surface area contributed by atoms with Gasteiger partial charge in [-0.25, -0.2) is 9.78 Å². The molecule has 5 nitrogen and oxygen atoms in total. The Hall–Kier alpha value is -1.43. The van der Waals surface area contributed by atoms with E-state index in [0.29, 0.717) is 16.7 Å². The second kappa shape index (κ2) is 5.77. The van der Waals surface area contributed by atoms with Crippen LogP contribution in [0.4, 0.5) is 0 Å². The van der Waals surface area contributed by atoms with Gasteiger partial charge in [-0.2, -0.15) is 0 Å². The van der Waals surface area contributed by atoms with Crippen LogP contribution in [0.2, 0.25) is 0 Å². The molecule has 1 heterocycles. The number of halogens is 1. The number of carboxylic acid groups (broad SMARTS) is 1. The van der Waals surface area contributed by atoms with Gasteiger partial charge in [0.2, 0.25) is 0 Å². The molecule has 6 heteroatoms. The Balaban J connectivity index is 3.08. The van der Waals surface area contributed by atoms with Crippen molar-refractivity contribution in [1.82, 2.24) is 9.55 Å². The molecule has 0 aliphatic heterocycles. The first-order valence-corrected chi connectivity index (χ1v) is 5.91. The average molecular weight is 301 g/mol. The molecule has 1 rings (SSSR count). The van der Waals surface area contributed by atoms with Crippen LogP contribution < -0.4 is 5.56 Å². The molecule has 0 atom stereocenters. The molecule has 92 valence electrons. The molecule has 0 aromatic carbocycles. The maximum atomic E-state index is 11.8. The highest BCUT2D eigenvalue weighted by Gasteiger charge is 2.07. The van der Waals surface area contributed by atoms with Gasteiger partial charge in [-0.3, -0.25) is 9.36 Å². The SMILES string of the molecule is CCC(=CCn1c(C)ncc(Br)c1=O)C(=O)O. The average Bonchev–Trinajstić information content (AvgIpc) is 2.28. The van der Waals surface area contributed by atoms with Gasteiger partial charge in [-0.05, 0) is 29.3 Å². The van der Waals surface area contributed by atoms with Gasteiger partial charge in [0.15, 0.2) is 0 Å². The highest BCUT2D eigenvalue weighted by atomic mass is 79.9. The number of carboxylic acids is 1. The van der Waals surface area contributed by atoms with E-state index in [1.807, 2.05) is 0 Å². The van der Waals surface area contributed by atoms with Crippen molar-refractivity contribution in [2.45, 2.75) is 26.8 Å². The largest absolute Gasteiger partial charge is 0.478 e. The fraction of sp³-hybridized carbons (Fsp3) is 0.364. The highest BCUT2D eigenvalue weighted by molar-refractivity contribution is 9.10. The predicted octanol–water partition coefficient (Wildman–Crippen LogP) is 1.74. The van der Waals surface area contributed by atoms with Crippen molar-refractivity contribution in [2.24, 2.45) is 0 Å². The zero-order valence-corrected chi connectivity index (χ0v) is 11.2. The fourth-order valence-corrected chi connectivity index (χ4v) is 1.67. The normalized spacial score (nSPS) is 11.6. The molecule has 0 saturated carbocycles. The molecular weight excluding hydrogens is 288 g/mol. The monoisotopic (exact) mass is 300 g/mol. The van der Waals surface area contributed by atoms with E-state index in [9.17, 15) is 9.59 Å². The molecule has 1 aromatic rings. The number of rotatable bonds is 4. The number of aromatic nitrogens is 2. The number of allylic oxidation sites excluding steroid dienone is 1. The van der Waals surface area contributed by atoms with Crippen LogP contribution in [-0.2, 0) is 11.3 Å². The second-order valence-electron chi connectivity index (χ2n) is 3.46. The number of aryl methyl sites for hydroxylation is 1. The van der Waals surface area contributed by atoms with E-state index in [1.54, 1.807) is 13.8 Å². The van der Waals surface area contributed by atoms with E-state index >= 15 is 0 Å². The Bertz CT molecular complexity index is 520. The van der Waals surface area contributed by atoms with Gasteiger partial charge in [-0.15, -0.1) is 0 Å². The number of hydrogen-bond acceptors (Lipinski definition) is 3. The van der Waals surface area contributed by atoms with Crippen molar-refractivity contribution < 1.29 is 9.90 Å². The van der Waals surface area contributed by atoms with Crippen LogP contribution in [0.15, 0.2) is 27.1 Å². The van der Waals surface area contributed by atoms with Crippen molar-refractivity contribution in [1.29, 1.82) is 0 Å². The van der Waals surface area contributed by atoms with E-state index in [2.05, 4.69) is 20.9 Å². The third-order valence-corrected chi connectivity index (χ3v) is 2.92. The smallest absolute Gasteiger partial charge is 0.331 e. The minimum atomic E-state index is -0.957. The van der Waals surface area contributed by atoms with Gasteiger partial charge < -0.3 is 5.11 Å². The zero-order chi connectivity index (χ0) is 13.0. The Kier molecular flexibility index (Phi) is 4.62. The van der Waals surface area contributed by atoms with Crippen LogP contribution in [0.1, 0.15) is 19.2 Å². The molecule has 0 bridgehead atoms. The van der Waals surface area contributed by atoms with E-state index in [0.717, 1.165) is 0 Å². The highest BCUT2D eigenvalue weighted by Crippen LogP contribution is 2.04. The topological polar surface area (TPSA) is 72.2 Å². The third-order valence-electron chi connectivity index (χ3n) is 2.38. The lowest BCUT2D eigenvalue weighted by atomic mass is 10.2. The molecule has 0 saturated heterocycles. The van der Waals surface area contributed by atoms with Gasteiger partial charge in [-0.1, -0.05) is 13.0 Å². The molecular formula is C11H13BrN2O3. The minimum Gasteiger partial charge on any atom is -0.478 e. The summed E-state index contributed by atoms with van der Waals surface area (Å²) in [5.41, 5.74) is 0.0749. The van der Waals surface area contributed by atoms with Crippen molar-refractivity contribution in [3.63, 3.8) is 0 Å². The van der Waals surface area contributed by atoms with E-state index in [-0.39, 0.29) is 17.7 Å². The molecule has 1 N–H and O–H groups in total. The van der Waals surface area contributed by atoms with Gasteiger partial charge in [0.1, 0.15) is 10.3 Å². The Morgan fingerprint density at radius 3 is 2.82 bits per heavy atom. The second-order valence-corrected chi connectivity index (χ2v) is 4.31. The molecule has 0 amide bonds. The summed E-state index contributed by atoms with van der Waals surface area (Å²) in [7, 11) is 0. The van der Waals surface area contributed by atoms with Crippen molar-refractivity contribution in [3.05, 3.63) is 38.5 Å². The molecule has 0 unspecified atom stereocenters. The Morgan fingerprint density at radius 1 is 1.65 bits per heavy atom. The van der Waals surface area contributed by atoms with Crippen LogP contribution in [0.25, 0.3) is 0 Å². The summed E-state index contributed by atoms with van der Waals surface area (Å²) >= 11 is 3.10. The first kappa shape index (κ1) is 13.6. The molecule has 0 radical (unpaired) electrons. The molecule has 0 aliphatic carbocycles. The maximum Gasteiger partial charge on any atom is 0.331 e. The lowest BCUT2D eigenvalue weighted by molar-refractivity contribution is -0.132. The summed E-state index contributed by atoms with van der Waals surface area (Å²) in [6, 6.07) is 0. The lowest BCUT2D eigenvalue weighted by Gasteiger charge is -2.07. The number of carbonyl (C=O) groups is 1. The van der Waals surface area contributed by atoms with Crippen molar-refractivity contribution >= 4 is 21.9 Å². The summed E-state index contributed by atoms with van der Waals surface area (Å²) in [5, 5.41) is 8.86. The third kappa shape index (κ3) is 3.26. The van der Waals surface area contributed by atoms with Crippen LogP contribution in [0.5, 0.6) is 0 Å². The standard InChI is InChI=1S/C11H13BrN2O3/c1-3-8(11(16)17)4-5-14-7(2)13-6-9(12)10(14)15/h4,6H,3,5H2,1-2H3,(H,16,17). The molecule has 17 heavy (non-hydrogen) atoms. The molecule has 0 aliphatic rings. The van der Waals surface area contributed by atoms with Gasteiger partial charge in [0.25, 0.3) is 5.56 Å². The van der Waals surface area contributed by atoms with Crippen LogP contribution in [0.3, 0.4) is 0 Å². The van der Waals surface area contributed by atoms with E-state index < -0.39 is 5.97 Å². The number of aliphatic carboxylic acids is 1. The Labute approximate surface area is 107 Å². The summed E-state index contributed by atoms with van der Waals surface area (Å²) in [4.78, 5) is 26.6. The Morgan fingerprint density at radius 2 is 2.29 bits per heavy atom. The molecule has 1 aromatic heterocycles. The fourth-order valence-electron chi connectivity index (χ4n) is 1.35.